The second-order valence-corrected chi connectivity index (χ2v) is 7.35. The molecule has 0 radical (unpaired) electrons. The molecule has 1 fully saturated rings. The van der Waals surface area contributed by atoms with Gasteiger partial charge in [-0.05, 0) is 44.3 Å². The highest BCUT2D eigenvalue weighted by atomic mass is 127. The maximum atomic E-state index is 4.34. The third kappa shape index (κ3) is 6.97. The van der Waals surface area contributed by atoms with Crippen LogP contribution in [0.25, 0.3) is 0 Å². The molecule has 1 aliphatic rings. The van der Waals surface area contributed by atoms with Gasteiger partial charge in [-0.25, -0.2) is 0 Å². The van der Waals surface area contributed by atoms with Gasteiger partial charge in [-0.2, -0.15) is 0 Å². The molecule has 2 N–H and O–H groups in total. The highest BCUT2D eigenvalue weighted by Crippen LogP contribution is 2.28. The Bertz CT molecular complexity index is 441. The van der Waals surface area contributed by atoms with Crippen LogP contribution in [0, 0.1) is 5.92 Å². The first-order valence-corrected chi connectivity index (χ1v) is 9.22. The van der Waals surface area contributed by atoms with Gasteiger partial charge >= 0.3 is 0 Å². The summed E-state index contributed by atoms with van der Waals surface area (Å²) in [5.74, 6) is 1.71. The second-order valence-electron chi connectivity index (χ2n) is 6.32. The minimum Gasteiger partial charge on any atom is -0.355 e. The number of likely N-dealkylation sites (N-methyl/N-ethyl adjacent to an activating group) is 1. The Balaban J connectivity index is 0.00000264. The molecule has 132 valence electrons. The predicted octanol–water partition coefficient (Wildman–Crippen LogP) is 3.54. The molecule has 1 aromatic heterocycles. The van der Waals surface area contributed by atoms with Gasteiger partial charge in [0.25, 0.3) is 0 Å². The van der Waals surface area contributed by atoms with E-state index < -0.39 is 0 Å². The summed E-state index contributed by atoms with van der Waals surface area (Å²) >= 11 is 1.77. The van der Waals surface area contributed by atoms with E-state index in [1.165, 1.54) is 37.0 Å². The number of thiophene rings is 1. The van der Waals surface area contributed by atoms with Crippen molar-refractivity contribution in [2.24, 2.45) is 10.9 Å². The van der Waals surface area contributed by atoms with Crippen molar-refractivity contribution in [3.8, 4) is 0 Å². The Morgan fingerprint density at radius 3 is 2.61 bits per heavy atom. The van der Waals surface area contributed by atoms with Crippen molar-refractivity contribution in [3.63, 3.8) is 0 Å². The standard InChI is InChI=1S/C17H30N4S.HI/c1-18-17(19-12-15-10-7-11-22-15)20-13-16(21(2)3)14-8-5-4-6-9-14;/h7,10-11,14,16H,4-6,8-9,12-13H2,1-3H3,(H2,18,19,20);1H. The summed E-state index contributed by atoms with van der Waals surface area (Å²) in [5.41, 5.74) is 0. The van der Waals surface area contributed by atoms with E-state index in [4.69, 9.17) is 0 Å². The maximum Gasteiger partial charge on any atom is 0.191 e. The summed E-state index contributed by atoms with van der Waals surface area (Å²) in [6.07, 6.45) is 6.92. The van der Waals surface area contributed by atoms with Gasteiger partial charge in [0.15, 0.2) is 5.96 Å². The van der Waals surface area contributed by atoms with Crippen LogP contribution in [0.1, 0.15) is 37.0 Å². The molecule has 1 unspecified atom stereocenters. The molecular weight excluding hydrogens is 419 g/mol. The summed E-state index contributed by atoms with van der Waals surface area (Å²) in [5, 5.41) is 9.02. The Morgan fingerprint density at radius 2 is 2.04 bits per heavy atom. The molecule has 6 heteroatoms. The maximum absolute atomic E-state index is 4.34. The van der Waals surface area contributed by atoms with Crippen LogP contribution in [-0.4, -0.2) is 44.6 Å². The van der Waals surface area contributed by atoms with Crippen LogP contribution >= 0.6 is 35.3 Å². The van der Waals surface area contributed by atoms with Crippen LogP contribution < -0.4 is 10.6 Å². The SMILES string of the molecule is CN=C(NCc1cccs1)NCC(C1CCCCC1)N(C)C.I. The van der Waals surface area contributed by atoms with Gasteiger partial charge in [0.05, 0.1) is 6.54 Å². The van der Waals surface area contributed by atoms with Gasteiger partial charge in [-0.3, -0.25) is 4.99 Å². The van der Waals surface area contributed by atoms with E-state index in [9.17, 15) is 0 Å². The van der Waals surface area contributed by atoms with Crippen molar-refractivity contribution < 1.29 is 0 Å². The normalized spacial score (nSPS) is 17.7. The van der Waals surface area contributed by atoms with E-state index >= 15 is 0 Å². The van der Waals surface area contributed by atoms with Crippen LogP contribution in [0.3, 0.4) is 0 Å². The molecule has 1 saturated carbocycles. The number of hydrogen-bond acceptors (Lipinski definition) is 3. The average molecular weight is 450 g/mol. The molecule has 1 heterocycles. The van der Waals surface area contributed by atoms with Crippen LogP contribution in [0.5, 0.6) is 0 Å². The minimum absolute atomic E-state index is 0. The Kier molecular flexibility index (Phi) is 10.1. The molecule has 1 aliphatic carbocycles. The highest BCUT2D eigenvalue weighted by molar-refractivity contribution is 14.0. The Hall–Kier alpha value is -0.340. The zero-order chi connectivity index (χ0) is 15.8. The summed E-state index contributed by atoms with van der Waals surface area (Å²) in [4.78, 5) is 8.05. The number of hydrogen-bond donors (Lipinski definition) is 2. The van der Waals surface area contributed by atoms with E-state index in [1.54, 1.807) is 11.3 Å². The van der Waals surface area contributed by atoms with E-state index in [0.717, 1.165) is 25.0 Å². The van der Waals surface area contributed by atoms with Crippen LogP contribution in [-0.2, 0) is 6.54 Å². The topological polar surface area (TPSA) is 39.7 Å². The first-order chi connectivity index (χ1) is 10.7. The molecule has 2 rings (SSSR count). The lowest BCUT2D eigenvalue weighted by molar-refractivity contribution is 0.171. The summed E-state index contributed by atoms with van der Waals surface area (Å²) in [6, 6.07) is 4.82. The van der Waals surface area contributed by atoms with E-state index in [0.29, 0.717) is 6.04 Å². The second kappa shape index (κ2) is 11.3. The van der Waals surface area contributed by atoms with E-state index in [2.05, 4.69) is 52.1 Å². The van der Waals surface area contributed by atoms with Crippen molar-refractivity contribution in [2.45, 2.75) is 44.7 Å². The number of aliphatic imine (C=N–C) groups is 1. The highest BCUT2D eigenvalue weighted by Gasteiger charge is 2.25. The predicted molar refractivity (Wildman–Crippen MR) is 112 cm³/mol. The number of nitrogens with zero attached hydrogens (tertiary/aromatic N) is 2. The molecule has 0 aliphatic heterocycles. The zero-order valence-corrected chi connectivity index (χ0v) is 17.7. The molecule has 0 saturated heterocycles. The van der Waals surface area contributed by atoms with Gasteiger partial charge in [0, 0.05) is 24.5 Å². The number of halogens is 1. The quantitative estimate of drug-likeness (QED) is 0.396. The van der Waals surface area contributed by atoms with Gasteiger partial charge in [0.1, 0.15) is 0 Å². The number of guanidine groups is 1. The van der Waals surface area contributed by atoms with E-state index in [-0.39, 0.29) is 24.0 Å². The molecule has 0 spiro atoms. The van der Waals surface area contributed by atoms with Gasteiger partial charge in [-0.15, -0.1) is 35.3 Å². The Morgan fingerprint density at radius 1 is 1.30 bits per heavy atom. The molecule has 1 aromatic rings. The lowest BCUT2D eigenvalue weighted by Crippen LogP contribution is -2.48. The average Bonchev–Trinajstić information content (AvgIpc) is 3.04. The largest absolute Gasteiger partial charge is 0.355 e. The summed E-state index contributed by atoms with van der Waals surface area (Å²) in [6.45, 7) is 1.80. The fourth-order valence-corrected chi connectivity index (χ4v) is 3.94. The first-order valence-electron chi connectivity index (χ1n) is 8.34. The van der Waals surface area contributed by atoms with Crippen LogP contribution in [0.15, 0.2) is 22.5 Å². The smallest absolute Gasteiger partial charge is 0.191 e. The monoisotopic (exact) mass is 450 g/mol. The first kappa shape index (κ1) is 20.7. The van der Waals surface area contributed by atoms with Crippen LogP contribution in [0.2, 0.25) is 0 Å². The summed E-state index contributed by atoms with van der Waals surface area (Å²) < 4.78 is 0. The molecule has 4 nitrogen and oxygen atoms in total. The third-order valence-electron chi connectivity index (χ3n) is 4.57. The molecule has 0 bridgehead atoms. The van der Waals surface area contributed by atoms with Crippen molar-refractivity contribution in [2.75, 3.05) is 27.7 Å². The van der Waals surface area contributed by atoms with Crippen molar-refractivity contribution in [3.05, 3.63) is 22.4 Å². The lowest BCUT2D eigenvalue weighted by atomic mass is 9.83. The minimum atomic E-state index is 0. The molecule has 23 heavy (non-hydrogen) atoms. The van der Waals surface area contributed by atoms with Crippen LogP contribution in [0.4, 0.5) is 0 Å². The Labute approximate surface area is 162 Å². The third-order valence-corrected chi connectivity index (χ3v) is 5.45. The van der Waals surface area contributed by atoms with Crippen molar-refractivity contribution in [1.29, 1.82) is 0 Å². The van der Waals surface area contributed by atoms with Gasteiger partial charge in [0.2, 0.25) is 0 Å². The molecule has 0 amide bonds. The number of rotatable bonds is 6. The zero-order valence-electron chi connectivity index (χ0n) is 14.5. The van der Waals surface area contributed by atoms with E-state index in [1.807, 2.05) is 7.05 Å². The van der Waals surface area contributed by atoms with Gasteiger partial charge < -0.3 is 15.5 Å². The van der Waals surface area contributed by atoms with Crippen molar-refractivity contribution >= 4 is 41.3 Å². The molecule has 1 atom stereocenters. The van der Waals surface area contributed by atoms with Crippen molar-refractivity contribution in [1.82, 2.24) is 15.5 Å². The lowest BCUT2D eigenvalue weighted by Gasteiger charge is -2.35. The van der Waals surface area contributed by atoms with Gasteiger partial charge in [-0.1, -0.05) is 25.3 Å². The summed E-state index contributed by atoms with van der Waals surface area (Å²) in [7, 11) is 6.24. The fourth-order valence-electron chi connectivity index (χ4n) is 3.30. The number of nitrogens with one attached hydrogen (secondary N) is 2. The molecule has 0 aromatic carbocycles. The molecular formula is C17H31IN4S. The fraction of sp³-hybridized carbons (Fsp3) is 0.706.